The van der Waals surface area contributed by atoms with Crippen LogP contribution in [0.5, 0.6) is 17.2 Å². The molecule has 3 aromatic rings. The van der Waals surface area contributed by atoms with Crippen molar-refractivity contribution in [3.05, 3.63) is 90.0 Å². The van der Waals surface area contributed by atoms with Crippen molar-refractivity contribution in [3.8, 4) is 17.2 Å². The highest BCUT2D eigenvalue weighted by Crippen LogP contribution is 2.21. The maximum absolute atomic E-state index is 12.3. The fraction of sp³-hybridized carbons (Fsp3) is 0.421. The average Bonchev–Trinajstić information content (AvgIpc) is 3.03. The van der Waals surface area contributed by atoms with E-state index >= 15 is 0 Å². The third-order valence-corrected chi connectivity index (χ3v) is 7.10. The topological polar surface area (TPSA) is 57.1 Å². The summed E-state index contributed by atoms with van der Waals surface area (Å²) in [7, 11) is 0. The number of unbranched alkanes of at least 4 members (excludes halogenated alkanes) is 10. The number of hydrogen-bond acceptors (Lipinski definition) is 5. The van der Waals surface area contributed by atoms with Crippen molar-refractivity contribution in [1.82, 2.24) is 0 Å². The molecule has 3 aromatic carbocycles. The van der Waals surface area contributed by atoms with Gasteiger partial charge in [0.05, 0.1) is 18.9 Å². The lowest BCUT2D eigenvalue weighted by molar-refractivity contribution is -0.128. The zero-order valence-electron chi connectivity index (χ0n) is 26.1. The number of carbonyl (C=O) groups excluding carboxylic acids is 1. The lowest BCUT2D eigenvalue weighted by Crippen LogP contribution is -2.03. The summed E-state index contributed by atoms with van der Waals surface area (Å²) in [4.78, 5) is 16.9. The van der Waals surface area contributed by atoms with Crippen molar-refractivity contribution in [1.29, 1.82) is 0 Å². The standard InChI is InChI=1S/C38H49NO4/c1-3-5-7-9-10-11-12-14-28-41-35-23-18-32(19-24-35)22-27-38(40)43-36-25-20-33(21-26-36)31-39-34-16-15-17-37(30-34)42-29-13-8-6-4-2/h15-27,30-31H,3-14,28-29H2,1-2H3/b27-22+,39-31?. The number of nitrogens with zero attached hydrogens (tertiary/aromatic N) is 1. The number of hydrogen-bond donors (Lipinski definition) is 0. The van der Waals surface area contributed by atoms with Gasteiger partial charge >= 0.3 is 5.97 Å². The normalized spacial score (nSPS) is 11.3. The first-order valence-corrected chi connectivity index (χ1v) is 16.2. The van der Waals surface area contributed by atoms with Gasteiger partial charge in [-0.2, -0.15) is 0 Å². The second-order valence-electron chi connectivity index (χ2n) is 10.9. The molecule has 0 aromatic heterocycles. The summed E-state index contributed by atoms with van der Waals surface area (Å²) in [5.74, 6) is 1.74. The minimum Gasteiger partial charge on any atom is -0.494 e. The van der Waals surface area contributed by atoms with E-state index in [2.05, 4.69) is 18.8 Å². The summed E-state index contributed by atoms with van der Waals surface area (Å²) < 4.78 is 17.2. The molecule has 3 rings (SSSR count). The molecule has 0 saturated carbocycles. The first-order chi connectivity index (χ1) is 21.2. The maximum Gasteiger partial charge on any atom is 0.336 e. The van der Waals surface area contributed by atoms with Crippen molar-refractivity contribution >= 4 is 23.9 Å². The van der Waals surface area contributed by atoms with Crippen molar-refractivity contribution in [2.45, 2.75) is 90.9 Å². The van der Waals surface area contributed by atoms with Crippen molar-refractivity contribution in [2.75, 3.05) is 13.2 Å². The average molecular weight is 584 g/mol. The molecule has 0 aliphatic rings. The molecule has 5 nitrogen and oxygen atoms in total. The second kappa shape index (κ2) is 20.9. The Hall–Kier alpha value is -3.86. The van der Waals surface area contributed by atoms with E-state index < -0.39 is 5.97 Å². The Bertz CT molecular complexity index is 1230. The van der Waals surface area contributed by atoms with Crippen LogP contribution in [-0.2, 0) is 4.79 Å². The minimum atomic E-state index is -0.428. The number of esters is 1. The number of benzene rings is 3. The van der Waals surface area contributed by atoms with Gasteiger partial charge in [0.25, 0.3) is 0 Å². The summed E-state index contributed by atoms with van der Waals surface area (Å²) in [5, 5.41) is 0. The number of ether oxygens (including phenoxy) is 3. The van der Waals surface area contributed by atoms with Gasteiger partial charge in [0.1, 0.15) is 17.2 Å². The van der Waals surface area contributed by atoms with Crippen molar-refractivity contribution < 1.29 is 19.0 Å². The van der Waals surface area contributed by atoms with E-state index in [0.29, 0.717) is 5.75 Å². The molecular weight excluding hydrogens is 534 g/mol. The quantitative estimate of drug-likeness (QED) is 0.0411. The molecule has 0 spiro atoms. The Labute approximate surface area is 259 Å². The Morgan fingerprint density at radius 2 is 1.19 bits per heavy atom. The fourth-order valence-corrected chi connectivity index (χ4v) is 4.56. The highest BCUT2D eigenvalue weighted by molar-refractivity contribution is 5.89. The van der Waals surface area contributed by atoms with Crippen LogP contribution in [0, 0.1) is 0 Å². The zero-order valence-corrected chi connectivity index (χ0v) is 26.1. The Morgan fingerprint density at radius 1 is 0.628 bits per heavy atom. The predicted octanol–water partition coefficient (Wildman–Crippen LogP) is 10.5. The Balaban J connectivity index is 1.36. The molecular formula is C38H49NO4. The van der Waals surface area contributed by atoms with Crippen LogP contribution in [0.2, 0.25) is 0 Å². The number of rotatable bonds is 21. The molecule has 5 heteroatoms. The van der Waals surface area contributed by atoms with E-state index in [0.717, 1.165) is 54.4 Å². The molecule has 0 bridgehead atoms. The second-order valence-corrected chi connectivity index (χ2v) is 10.9. The summed E-state index contributed by atoms with van der Waals surface area (Å²) in [6.07, 6.45) is 20.0. The molecule has 43 heavy (non-hydrogen) atoms. The third kappa shape index (κ3) is 14.7. The van der Waals surface area contributed by atoms with Crippen LogP contribution in [0.3, 0.4) is 0 Å². The van der Waals surface area contributed by atoms with Crippen LogP contribution in [-0.4, -0.2) is 25.4 Å². The molecule has 0 aliphatic heterocycles. The van der Waals surface area contributed by atoms with Crippen molar-refractivity contribution in [2.24, 2.45) is 4.99 Å². The van der Waals surface area contributed by atoms with Crippen LogP contribution in [0.15, 0.2) is 83.9 Å². The van der Waals surface area contributed by atoms with Gasteiger partial charge in [0.15, 0.2) is 0 Å². The Morgan fingerprint density at radius 3 is 1.86 bits per heavy atom. The van der Waals surface area contributed by atoms with Gasteiger partial charge in [-0.1, -0.05) is 96.3 Å². The Kier molecular flexibility index (Phi) is 16.4. The van der Waals surface area contributed by atoms with Gasteiger partial charge in [0.2, 0.25) is 0 Å². The van der Waals surface area contributed by atoms with E-state index in [4.69, 9.17) is 14.2 Å². The van der Waals surface area contributed by atoms with Crippen LogP contribution < -0.4 is 14.2 Å². The zero-order chi connectivity index (χ0) is 30.4. The van der Waals surface area contributed by atoms with E-state index in [9.17, 15) is 4.79 Å². The van der Waals surface area contributed by atoms with Crippen LogP contribution in [0.1, 0.15) is 102 Å². The van der Waals surface area contributed by atoms with Crippen LogP contribution in [0.25, 0.3) is 6.08 Å². The monoisotopic (exact) mass is 583 g/mol. The first-order valence-electron chi connectivity index (χ1n) is 16.2. The van der Waals surface area contributed by atoms with Gasteiger partial charge < -0.3 is 14.2 Å². The van der Waals surface area contributed by atoms with Crippen LogP contribution >= 0.6 is 0 Å². The smallest absolute Gasteiger partial charge is 0.336 e. The first kappa shape index (κ1) is 33.6. The summed E-state index contributed by atoms with van der Waals surface area (Å²) in [6.45, 7) is 5.92. The minimum absolute atomic E-state index is 0.428. The predicted molar refractivity (Wildman–Crippen MR) is 179 cm³/mol. The van der Waals surface area contributed by atoms with Crippen LogP contribution in [0.4, 0.5) is 5.69 Å². The number of carbonyl (C=O) groups is 1. The highest BCUT2D eigenvalue weighted by Gasteiger charge is 2.02. The molecule has 0 atom stereocenters. The lowest BCUT2D eigenvalue weighted by atomic mass is 10.1. The molecule has 0 saturated heterocycles. The van der Waals surface area contributed by atoms with Gasteiger partial charge in [0, 0.05) is 18.4 Å². The molecule has 0 amide bonds. The largest absolute Gasteiger partial charge is 0.494 e. The molecule has 0 aliphatic carbocycles. The summed E-state index contributed by atoms with van der Waals surface area (Å²) in [5.41, 5.74) is 2.65. The lowest BCUT2D eigenvalue weighted by Gasteiger charge is -2.06. The molecule has 0 heterocycles. The third-order valence-electron chi connectivity index (χ3n) is 7.10. The molecule has 0 N–H and O–H groups in total. The summed E-state index contributed by atoms with van der Waals surface area (Å²) >= 11 is 0. The van der Waals surface area contributed by atoms with Gasteiger partial charge in [-0.05, 0) is 78.6 Å². The van der Waals surface area contributed by atoms with E-state index in [1.165, 1.54) is 70.3 Å². The molecule has 230 valence electrons. The fourth-order valence-electron chi connectivity index (χ4n) is 4.56. The van der Waals surface area contributed by atoms with Crippen molar-refractivity contribution in [3.63, 3.8) is 0 Å². The van der Waals surface area contributed by atoms with E-state index in [-0.39, 0.29) is 0 Å². The number of aliphatic imine (C=N–C) groups is 1. The highest BCUT2D eigenvalue weighted by atomic mass is 16.5. The van der Waals surface area contributed by atoms with E-state index in [1.54, 1.807) is 24.4 Å². The van der Waals surface area contributed by atoms with Gasteiger partial charge in [-0.25, -0.2) is 4.79 Å². The van der Waals surface area contributed by atoms with Gasteiger partial charge in [-0.3, -0.25) is 4.99 Å². The van der Waals surface area contributed by atoms with Gasteiger partial charge in [-0.15, -0.1) is 0 Å². The molecule has 0 fully saturated rings. The SMILES string of the molecule is CCCCCCCCCCOc1ccc(/C=C/C(=O)Oc2ccc(C=Nc3cccc(OCCCCCC)c3)cc2)cc1. The maximum atomic E-state index is 12.3. The molecule has 0 unspecified atom stereocenters. The molecule has 0 radical (unpaired) electrons. The summed E-state index contributed by atoms with van der Waals surface area (Å²) in [6, 6.07) is 22.8. The van der Waals surface area contributed by atoms with E-state index in [1.807, 2.05) is 60.7 Å².